The molecule has 1 fully saturated rings. The molecule has 1 aromatic heterocycles. The Hall–Kier alpha value is -0.790. The first-order chi connectivity index (χ1) is 11.2. The van der Waals surface area contributed by atoms with Crippen molar-refractivity contribution in [2.75, 3.05) is 19.6 Å². The number of guanidine groups is 1. The lowest BCUT2D eigenvalue weighted by Gasteiger charge is -2.25. The smallest absolute Gasteiger partial charge is 0.191 e. The third-order valence-corrected chi connectivity index (χ3v) is 5.02. The van der Waals surface area contributed by atoms with Crippen LogP contribution in [-0.2, 0) is 13.5 Å². The Kier molecular flexibility index (Phi) is 9.69. The van der Waals surface area contributed by atoms with Gasteiger partial charge in [0, 0.05) is 32.9 Å². The van der Waals surface area contributed by atoms with Crippen molar-refractivity contribution in [1.82, 2.24) is 20.4 Å². The lowest BCUT2D eigenvalue weighted by molar-refractivity contribution is 0.297. The first-order valence-electron chi connectivity index (χ1n) is 9.17. The molecule has 1 saturated carbocycles. The summed E-state index contributed by atoms with van der Waals surface area (Å²) in [5.74, 6) is 0.971. The molecule has 0 bridgehead atoms. The van der Waals surface area contributed by atoms with Gasteiger partial charge in [0.2, 0.25) is 0 Å². The molecule has 0 saturated heterocycles. The number of hydrogen-bond donors (Lipinski definition) is 2. The molecule has 2 N–H and O–H groups in total. The molecule has 1 aliphatic carbocycles. The number of nitrogens with zero attached hydrogens (tertiary/aromatic N) is 3. The second kappa shape index (κ2) is 10.9. The second-order valence-corrected chi connectivity index (χ2v) is 6.81. The minimum absolute atomic E-state index is 0. The zero-order valence-corrected chi connectivity index (χ0v) is 17.8. The molecule has 1 aliphatic rings. The summed E-state index contributed by atoms with van der Waals surface area (Å²) < 4.78 is 1.86. The summed E-state index contributed by atoms with van der Waals surface area (Å²) >= 11 is 0. The van der Waals surface area contributed by atoms with Crippen molar-refractivity contribution in [1.29, 1.82) is 0 Å². The van der Waals surface area contributed by atoms with Gasteiger partial charge in [0.15, 0.2) is 5.96 Å². The highest BCUT2D eigenvalue weighted by Crippen LogP contribution is 2.41. The van der Waals surface area contributed by atoms with Crippen LogP contribution >= 0.6 is 24.0 Å². The molecule has 24 heavy (non-hydrogen) atoms. The predicted octanol–water partition coefficient (Wildman–Crippen LogP) is 3.50. The fraction of sp³-hybridized carbons (Fsp3) is 0.778. The van der Waals surface area contributed by atoms with Gasteiger partial charge in [0.1, 0.15) is 0 Å². The first-order valence-corrected chi connectivity index (χ1v) is 9.17. The molecule has 6 heteroatoms. The van der Waals surface area contributed by atoms with Crippen LogP contribution in [0, 0.1) is 5.41 Å². The molecule has 0 unspecified atom stereocenters. The number of aromatic nitrogens is 2. The van der Waals surface area contributed by atoms with E-state index in [4.69, 9.17) is 4.99 Å². The van der Waals surface area contributed by atoms with Crippen molar-refractivity contribution in [2.45, 2.75) is 58.8 Å². The predicted molar refractivity (Wildman–Crippen MR) is 112 cm³/mol. The molecule has 1 aromatic rings. The van der Waals surface area contributed by atoms with Crippen LogP contribution in [-0.4, -0.2) is 35.4 Å². The zero-order valence-electron chi connectivity index (χ0n) is 15.5. The van der Waals surface area contributed by atoms with E-state index in [9.17, 15) is 0 Å². The van der Waals surface area contributed by atoms with Crippen LogP contribution in [0.5, 0.6) is 0 Å². The summed E-state index contributed by atoms with van der Waals surface area (Å²) in [6.07, 6.45) is 12.9. The lowest BCUT2D eigenvalue weighted by Crippen LogP contribution is -2.39. The van der Waals surface area contributed by atoms with Crippen molar-refractivity contribution in [3.05, 3.63) is 18.0 Å². The third kappa shape index (κ3) is 6.61. The van der Waals surface area contributed by atoms with E-state index in [1.54, 1.807) is 0 Å². The Morgan fingerprint density at radius 2 is 2.04 bits per heavy atom. The van der Waals surface area contributed by atoms with Crippen molar-refractivity contribution in [3.8, 4) is 0 Å². The number of hydrogen-bond acceptors (Lipinski definition) is 2. The van der Waals surface area contributed by atoms with Gasteiger partial charge in [-0.05, 0) is 50.0 Å². The van der Waals surface area contributed by atoms with Crippen LogP contribution in [0.3, 0.4) is 0 Å². The van der Waals surface area contributed by atoms with Gasteiger partial charge in [-0.3, -0.25) is 9.67 Å². The lowest BCUT2D eigenvalue weighted by atomic mass is 9.84. The third-order valence-electron chi connectivity index (χ3n) is 5.02. The van der Waals surface area contributed by atoms with Crippen molar-refractivity contribution >= 4 is 29.9 Å². The zero-order chi connectivity index (χ0) is 16.5. The van der Waals surface area contributed by atoms with E-state index in [1.165, 1.54) is 37.7 Å². The number of halogens is 1. The second-order valence-electron chi connectivity index (χ2n) is 6.81. The highest BCUT2D eigenvalue weighted by Gasteiger charge is 2.31. The van der Waals surface area contributed by atoms with Crippen LogP contribution in [0.1, 0.15) is 57.9 Å². The Morgan fingerprint density at radius 3 is 2.62 bits per heavy atom. The summed E-state index contributed by atoms with van der Waals surface area (Å²) in [6, 6.07) is 0. The van der Waals surface area contributed by atoms with Gasteiger partial charge >= 0.3 is 0 Å². The molecular weight excluding hydrogens is 413 g/mol. The first kappa shape index (κ1) is 21.3. The van der Waals surface area contributed by atoms with Gasteiger partial charge in [-0.1, -0.05) is 19.8 Å². The maximum absolute atomic E-state index is 4.87. The normalized spacial score (nSPS) is 16.7. The number of nitrogens with one attached hydrogen (secondary N) is 2. The highest BCUT2D eigenvalue weighted by molar-refractivity contribution is 14.0. The molecule has 0 amide bonds. The average Bonchev–Trinajstić information content (AvgIpc) is 3.19. The molecule has 0 atom stereocenters. The number of rotatable bonds is 8. The molecule has 0 aromatic carbocycles. The van der Waals surface area contributed by atoms with Crippen LogP contribution < -0.4 is 10.6 Å². The van der Waals surface area contributed by atoms with Gasteiger partial charge in [-0.25, -0.2) is 0 Å². The highest BCUT2D eigenvalue weighted by atomic mass is 127. The largest absolute Gasteiger partial charge is 0.357 e. The maximum atomic E-state index is 4.87. The van der Waals surface area contributed by atoms with E-state index in [0.29, 0.717) is 5.41 Å². The summed E-state index contributed by atoms with van der Waals surface area (Å²) in [4.78, 5) is 4.87. The van der Waals surface area contributed by atoms with Gasteiger partial charge in [0.05, 0.1) is 6.20 Å². The summed E-state index contributed by atoms with van der Waals surface area (Å²) in [5.41, 5.74) is 1.75. The fourth-order valence-electron chi connectivity index (χ4n) is 3.44. The maximum Gasteiger partial charge on any atom is 0.191 e. The topological polar surface area (TPSA) is 54.2 Å². The molecule has 5 nitrogen and oxygen atoms in total. The minimum atomic E-state index is 0. The van der Waals surface area contributed by atoms with Crippen molar-refractivity contribution in [2.24, 2.45) is 17.5 Å². The Bertz CT molecular complexity index is 491. The van der Waals surface area contributed by atoms with Crippen molar-refractivity contribution in [3.63, 3.8) is 0 Å². The monoisotopic (exact) mass is 447 g/mol. The fourth-order valence-corrected chi connectivity index (χ4v) is 3.44. The quantitative estimate of drug-likeness (QED) is 0.278. The summed E-state index contributed by atoms with van der Waals surface area (Å²) in [5, 5.41) is 11.1. The Morgan fingerprint density at radius 1 is 1.29 bits per heavy atom. The van der Waals surface area contributed by atoms with Crippen molar-refractivity contribution < 1.29 is 0 Å². The molecule has 0 spiro atoms. The summed E-state index contributed by atoms with van der Waals surface area (Å²) in [6.45, 7) is 7.25. The van der Waals surface area contributed by atoms with E-state index >= 15 is 0 Å². The molecule has 2 rings (SSSR count). The number of aryl methyl sites for hydroxylation is 2. The average molecular weight is 447 g/mol. The van der Waals surface area contributed by atoms with E-state index < -0.39 is 0 Å². The molecule has 0 aliphatic heterocycles. The van der Waals surface area contributed by atoms with Crippen LogP contribution in [0.4, 0.5) is 0 Å². The minimum Gasteiger partial charge on any atom is -0.357 e. The van der Waals surface area contributed by atoms with E-state index in [0.717, 1.165) is 38.4 Å². The van der Waals surface area contributed by atoms with Gasteiger partial charge in [-0.2, -0.15) is 5.10 Å². The van der Waals surface area contributed by atoms with Crippen LogP contribution in [0.2, 0.25) is 0 Å². The Balaban J connectivity index is 0.00000288. The molecule has 138 valence electrons. The van der Waals surface area contributed by atoms with Crippen LogP contribution in [0.25, 0.3) is 0 Å². The van der Waals surface area contributed by atoms with Gasteiger partial charge in [-0.15, -0.1) is 24.0 Å². The summed E-state index contributed by atoms with van der Waals surface area (Å²) in [7, 11) is 1.96. The molecule has 1 heterocycles. The molecular formula is C18H34IN5. The standard InChI is InChI=1S/C18H33N5.HI/c1-4-18(10-6-7-11-18)15-21-17(19-5-2)20-12-8-9-16-13-22-23(3)14-16;/h13-14H,4-12,15H2,1-3H3,(H2,19,20,21);1H. The van der Waals surface area contributed by atoms with E-state index in [-0.39, 0.29) is 24.0 Å². The van der Waals surface area contributed by atoms with E-state index in [1.807, 2.05) is 17.9 Å². The number of aliphatic imine (C=N–C) groups is 1. The van der Waals surface area contributed by atoms with E-state index in [2.05, 4.69) is 35.8 Å². The SMILES string of the molecule is CCNC(=NCC1(CC)CCCC1)NCCCc1cnn(C)c1.I. The Labute approximate surface area is 164 Å². The molecule has 0 radical (unpaired) electrons. The van der Waals surface area contributed by atoms with Gasteiger partial charge in [0.25, 0.3) is 0 Å². The van der Waals surface area contributed by atoms with Crippen LogP contribution in [0.15, 0.2) is 17.4 Å². The van der Waals surface area contributed by atoms with Gasteiger partial charge < -0.3 is 10.6 Å².